The van der Waals surface area contributed by atoms with E-state index < -0.39 is 35.3 Å². The largest absolute Gasteiger partial charge is 0.419 e. The molecule has 0 fully saturated rings. The van der Waals surface area contributed by atoms with Crippen LogP contribution in [0.3, 0.4) is 0 Å². The van der Waals surface area contributed by atoms with Crippen molar-refractivity contribution in [2.24, 2.45) is 5.73 Å². The molecule has 0 amide bonds. The zero-order valence-electron chi connectivity index (χ0n) is 8.03. The SMILES string of the molecule is N[C@H](c1ccc(F)c(C(F)(F)F)c1)C(F)(F)F. The van der Waals surface area contributed by atoms with Gasteiger partial charge in [-0.2, -0.15) is 26.3 Å². The van der Waals surface area contributed by atoms with Gasteiger partial charge >= 0.3 is 12.4 Å². The molecule has 0 heterocycles. The molecular weight excluding hydrogens is 255 g/mol. The van der Waals surface area contributed by atoms with E-state index in [1.165, 1.54) is 0 Å². The maximum Gasteiger partial charge on any atom is 0.419 e. The molecule has 0 aliphatic heterocycles. The summed E-state index contributed by atoms with van der Waals surface area (Å²) in [5.74, 6) is -1.64. The van der Waals surface area contributed by atoms with Crippen LogP contribution in [0.15, 0.2) is 18.2 Å². The molecule has 0 unspecified atom stereocenters. The van der Waals surface area contributed by atoms with Crippen molar-refractivity contribution in [1.29, 1.82) is 0 Å². The Hall–Kier alpha value is -1.31. The minimum absolute atomic E-state index is 0.0630. The molecule has 1 aromatic rings. The third-order valence-corrected chi connectivity index (χ3v) is 2.01. The van der Waals surface area contributed by atoms with Crippen molar-refractivity contribution in [2.45, 2.75) is 18.4 Å². The number of rotatable bonds is 1. The average molecular weight is 261 g/mol. The second-order valence-electron chi connectivity index (χ2n) is 3.26. The first-order valence-corrected chi connectivity index (χ1v) is 4.22. The summed E-state index contributed by atoms with van der Waals surface area (Å²) in [6.45, 7) is 0. The van der Waals surface area contributed by atoms with Crippen LogP contribution in [-0.4, -0.2) is 6.18 Å². The van der Waals surface area contributed by atoms with E-state index in [9.17, 15) is 30.7 Å². The first kappa shape index (κ1) is 13.8. The van der Waals surface area contributed by atoms with Crippen LogP contribution >= 0.6 is 0 Å². The molecule has 0 aliphatic carbocycles. The maximum absolute atomic E-state index is 12.8. The van der Waals surface area contributed by atoms with Gasteiger partial charge in [-0.3, -0.25) is 0 Å². The van der Waals surface area contributed by atoms with Gasteiger partial charge in [-0.15, -0.1) is 0 Å². The fraction of sp³-hybridized carbons (Fsp3) is 0.333. The highest BCUT2D eigenvalue weighted by molar-refractivity contribution is 5.30. The van der Waals surface area contributed by atoms with Crippen LogP contribution in [0, 0.1) is 5.82 Å². The van der Waals surface area contributed by atoms with E-state index in [4.69, 9.17) is 5.73 Å². The first-order chi connectivity index (χ1) is 7.53. The van der Waals surface area contributed by atoms with Crippen molar-refractivity contribution in [3.63, 3.8) is 0 Å². The van der Waals surface area contributed by atoms with E-state index >= 15 is 0 Å². The lowest BCUT2D eigenvalue weighted by Gasteiger charge is -2.17. The van der Waals surface area contributed by atoms with E-state index in [0.29, 0.717) is 12.1 Å². The summed E-state index contributed by atoms with van der Waals surface area (Å²) < 4.78 is 86.0. The number of benzene rings is 1. The minimum Gasteiger partial charge on any atom is -0.316 e. The number of hydrogen-bond donors (Lipinski definition) is 1. The summed E-state index contributed by atoms with van der Waals surface area (Å²) in [7, 11) is 0. The van der Waals surface area contributed by atoms with Crippen molar-refractivity contribution in [1.82, 2.24) is 0 Å². The quantitative estimate of drug-likeness (QED) is 0.770. The van der Waals surface area contributed by atoms with Crippen molar-refractivity contribution in [3.05, 3.63) is 35.1 Å². The molecule has 1 nitrogen and oxygen atoms in total. The monoisotopic (exact) mass is 261 g/mol. The van der Waals surface area contributed by atoms with Crippen LogP contribution in [0.2, 0.25) is 0 Å². The highest BCUT2D eigenvalue weighted by Gasteiger charge is 2.40. The Labute approximate surface area is 91.0 Å². The van der Waals surface area contributed by atoms with Gasteiger partial charge in [-0.25, -0.2) is 4.39 Å². The van der Waals surface area contributed by atoms with Crippen molar-refractivity contribution in [2.75, 3.05) is 0 Å². The highest BCUT2D eigenvalue weighted by atomic mass is 19.4. The van der Waals surface area contributed by atoms with E-state index in [1.807, 2.05) is 0 Å². The van der Waals surface area contributed by atoms with Gasteiger partial charge in [0.25, 0.3) is 0 Å². The second kappa shape index (κ2) is 4.17. The van der Waals surface area contributed by atoms with Crippen molar-refractivity contribution in [3.8, 4) is 0 Å². The predicted molar refractivity (Wildman–Crippen MR) is 44.4 cm³/mol. The third-order valence-electron chi connectivity index (χ3n) is 2.01. The van der Waals surface area contributed by atoms with Crippen molar-refractivity contribution < 1.29 is 30.7 Å². The van der Waals surface area contributed by atoms with Gasteiger partial charge in [-0.05, 0) is 17.7 Å². The Kier molecular flexibility index (Phi) is 3.37. The van der Waals surface area contributed by atoms with Crippen LogP contribution in [0.5, 0.6) is 0 Å². The number of alkyl halides is 6. The van der Waals surface area contributed by atoms with Crippen LogP contribution in [0.4, 0.5) is 30.7 Å². The van der Waals surface area contributed by atoms with E-state index in [-0.39, 0.29) is 6.07 Å². The molecule has 0 aromatic heterocycles. The Bertz CT molecular complexity index is 407. The topological polar surface area (TPSA) is 26.0 Å². The van der Waals surface area contributed by atoms with Gasteiger partial charge in [0, 0.05) is 0 Å². The van der Waals surface area contributed by atoms with Crippen molar-refractivity contribution >= 4 is 0 Å². The molecule has 0 aliphatic rings. The minimum atomic E-state index is -5.06. The lowest BCUT2D eigenvalue weighted by molar-refractivity contribution is -0.150. The van der Waals surface area contributed by atoms with E-state index in [0.717, 1.165) is 0 Å². The highest BCUT2D eigenvalue weighted by Crippen LogP contribution is 2.36. The molecule has 2 N–H and O–H groups in total. The average Bonchev–Trinajstić information content (AvgIpc) is 2.14. The maximum atomic E-state index is 12.8. The Morgan fingerprint density at radius 3 is 1.94 bits per heavy atom. The van der Waals surface area contributed by atoms with E-state index in [2.05, 4.69) is 0 Å². The summed E-state index contributed by atoms with van der Waals surface area (Å²) in [5, 5.41) is 0. The zero-order chi connectivity index (χ0) is 13.4. The molecule has 0 saturated heterocycles. The molecule has 8 heteroatoms. The summed E-state index contributed by atoms with van der Waals surface area (Å²) in [5.41, 5.74) is 2.11. The molecule has 1 rings (SSSR count). The third kappa shape index (κ3) is 3.09. The molecule has 17 heavy (non-hydrogen) atoms. The molecule has 1 aromatic carbocycles. The molecule has 96 valence electrons. The Morgan fingerprint density at radius 2 is 1.53 bits per heavy atom. The molecular formula is C9H6F7N. The second-order valence-corrected chi connectivity index (χ2v) is 3.26. The van der Waals surface area contributed by atoms with Gasteiger partial charge < -0.3 is 5.73 Å². The molecule has 0 spiro atoms. The van der Waals surface area contributed by atoms with Crippen LogP contribution < -0.4 is 5.73 Å². The summed E-state index contributed by atoms with van der Waals surface area (Å²) in [6, 6.07) is -1.64. The number of hydrogen-bond acceptors (Lipinski definition) is 1. The number of halogens is 7. The standard InChI is InChI=1S/C9H6F7N/c10-6-2-1-4(7(17)9(14,15)16)3-5(6)8(11,12)13/h1-3,7H,17H2/t7-/m1/s1. The molecule has 1 atom stereocenters. The van der Waals surface area contributed by atoms with Crippen LogP contribution in [-0.2, 0) is 6.18 Å². The van der Waals surface area contributed by atoms with Gasteiger partial charge in [0.2, 0.25) is 0 Å². The summed E-state index contributed by atoms with van der Waals surface area (Å²) in [4.78, 5) is 0. The van der Waals surface area contributed by atoms with Gasteiger partial charge in [0.05, 0.1) is 5.56 Å². The molecule has 0 radical (unpaired) electrons. The van der Waals surface area contributed by atoms with Gasteiger partial charge in [0.1, 0.15) is 11.9 Å². The summed E-state index contributed by atoms with van der Waals surface area (Å²) in [6.07, 6.45) is -9.95. The van der Waals surface area contributed by atoms with Crippen LogP contribution in [0.1, 0.15) is 17.2 Å². The van der Waals surface area contributed by atoms with Gasteiger partial charge in [0.15, 0.2) is 0 Å². The Morgan fingerprint density at radius 1 is 1.00 bits per heavy atom. The zero-order valence-corrected chi connectivity index (χ0v) is 8.03. The smallest absolute Gasteiger partial charge is 0.316 e. The fourth-order valence-electron chi connectivity index (χ4n) is 1.14. The Balaban J connectivity index is 3.23. The number of nitrogens with two attached hydrogens (primary N) is 1. The van der Waals surface area contributed by atoms with Crippen LogP contribution in [0.25, 0.3) is 0 Å². The lowest BCUT2D eigenvalue weighted by Crippen LogP contribution is -2.28. The first-order valence-electron chi connectivity index (χ1n) is 4.22. The fourth-order valence-corrected chi connectivity index (χ4v) is 1.14. The predicted octanol–water partition coefficient (Wildman–Crippen LogP) is 3.41. The molecule has 0 bridgehead atoms. The molecule has 0 saturated carbocycles. The van der Waals surface area contributed by atoms with E-state index in [1.54, 1.807) is 0 Å². The van der Waals surface area contributed by atoms with Gasteiger partial charge in [-0.1, -0.05) is 6.07 Å². The normalized spacial score (nSPS) is 14.8. The summed E-state index contributed by atoms with van der Waals surface area (Å²) >= 11 is 0. The lowest BCUT2D eigenvalue weighted by atomic mass is 10.0.